The molecule has 1 aliphatic heterocycles. The van der Waals surface area contributed by atoms with Crippen LogP contribution in [-0.4, -0.2) is 13.1 Å². The zero-order valence-corrected chi connectivity index (χ0v) is 9.93. The second kappa shape index (κ2) is 5.00. The Morgan fingerprint density at radius 1 is 1.40 bits per heavy atom. The Hall–Kier alpha value is -0.530. The van der Waals surface area contributed by atoms with Crippen molar-refractivity contribution < 1.29 is 0 Å². The molecule has 2 atom stereocenters. The first-order valence-electron chi connectivity index (χ1n) is 5.77. The van der Waals surface area contributed by atoms with Gasteiger partial charge in [-0.15, -0.1) is 0 Å². The van der Waals surface area contributed by atoms with Crippen LogP contribution in [0.25, 0.3) is 0 Å². The van der Waals surface area contributed by atoms with Crippen molar-refractivity contribution in [3.8, 4) is 0 Å². The van der Waals surface area contributed by atoms with Crippen molar-refractivity contribution in [2.45, 2.75) is 25.7 Å². The average Bonchev–Trinajstić information content (AvgIpc) is 2.66. The van der Waals surface area contributed by atoms with Crippen molar-refractivity contribution in [1.29, 1.82) is 0 Å². The number of rotatable bonds is 3. The van der Waals surface area contributed by atoms with Gasteiger partial charge in [0.05, 0.1) is 0 Å². The molecule has 1 N–H and O–H groups in total. The SMILES string of the molecule is CCC[C@@H]1CNC[C@H]1c1cccc(Cl)c1. The summed E-state index contributed by atoms with van der Waals surface area (Å²) in [5.74, 6) is 1.44. The molecule has 1 aromatic rings. The predicted octanol–water partition coefficient (Wildman–Crippen LogP) is 3.44. The summed E-state index contributed by atoms with van der Waals surface area (Å²) in [6.07, 6.45) is 2.58. The van der Waals surface area contributed by atoms with Crippen LogP contribution >= 0.6 is 11.6 Å². The number of hydrogen-bond acceptors (Lipinski definition) is 1. The summed E-state index contributed by atoms with van der Waals surface area (Å²) >= 11 is 6.03. The molecule has 0 saturated carbocycles. The molecule has 0 spiro atoms. The molecule has 1 saturated heterocycles. The van der Waals surface area contributed by atoms with Crippen LogP contribution < -0.4 is 5.32 Å². The van der Waals surface area contributed by atoms with E-state index in [-0.39, 0.29) is 0 Å². The summed E-state index contributed by atoms with van der Waals surface area (Å²) in [6, 6.07) is 8.31. The summed E-state index contributed by atoms with van der Waals surface area (Å²) in [5, 5.41) is 4.34. The molecular weight excluding hydrogens is 206 g/mol. The molecule has 1 nitrogen and oxygen atoms in total. The Balaban J connectivity index is 2.15. The largest absolute Gasteiger partial charge is 0.316 e. The second-order valence-corrected chi connectivity index (χ2v) is 4.80. The predicted molar refractivity (Wildman–Crippen MR) is 65.5 cm³/mol. The number of halogens is 1. The summed E-state index contributed by atoms with van der Waals surface area (Å²) in [5.41, 5.74) is 1.39. The minimum atomic E-state index is 0.656. The van der Waals surface area contributed by atoms with Crippen molar-refractivity contribution >= 4 is 11.6 Å². The molecule has 0 unspecified atom stereocenters. The highest BCUT2D eigenvalue weighted by Crippen LogP contribution is 2.32. The summed E-state index contributed by atoms with van der Waals surface area (Å²) in [6.45, 7) is 4.52. The fourth-order valence-corrected chi connectivity index (χ4v) is 2.73. The van der Waals surface area contributed by atoms with Gasteiger partial charge in [0.2, 0.25) is 0 Å². The molecule has 2 rings (SSSR count). The van der Waals surface area contributed by atoms with Crippen LogP contribution in [-0.2, 0) is 0 Å². The van der Waals surface area contributed by atoms with E-state index >= 15 is 0 Å². The van der Waals surface area contributed by atoms with E-state index in [9.17, 15) is 0 Å². The third-order valence-corrected chi connectivity index (χ3v) is 3.51. The maximum atomic E-state index is 6.03. The highest BCUT2D eigenvalue weighted by molar-refractivity contribution is 6.30. The van der Waals surface area contributed by atoms with Gasteiger partial charge >= 0.3 is 0 Å². The van der Waals surface area contributed by atoms with Gasteiger partial charge in [-0.3, -0.25) is 0 Å². The number of benzene rings is 1. The van der Waals surface area contributed by atoms with Gasteiger partial charge in [-0.25, -0.2) is 0 Å². The van der Waals surface area contributed by atoms with E-state index in [0.29, 0.717) is 5.92 Å². The summed E-state index contributed by atoms with van der Waals surface area (Å²) in [4.78, 5) is 0. The van der Waals surface area contributed by atoms with E-state index in [2.05, 4.69) is 30.4 Å². The summed E-state index contributed by atoms with van der Waals surface area (Å²) in [7, 11) is 0. The normalized spacial score (nSPS) is 25.7. The summed E-state index contributed by atoms with van der Waals surface area (Å²) < 4.78 is 0. The van der Waals surface area contributed by atoms with E-state index in [4.69, 9.17) is 11.6 Å². The smallest absolute Gasteiger partial charge is 0.0408 e. The first-order chi connectivity index (χ1) is 7.31. The van der Waals surface area contributed by atoms with Crippen LogP contribution in [0.1, 0.15) is 31.2 Å². The molecule has 1 aliphatic rings. The van der Waals surface area contributed by atoms with E-state index in [1.807, 2.05) is 6.07 Å². The lowest BCUT2D eigenvalue weighted by Crippen LogP contribution is -2.10. The van der Waals surface area contributed by atoms with E-state index in [1.165, 1.54) is 18.4 Å². The van der Waals surface area contributed by atoms with E-state index < -0.39 is 0 Å². The van der Waals surface area contributed by atoms with E-state index in [1.54, 1.807) is 0 Å². The lowest BCUT2D eigenvalue weighted by atomic mass is 9.86. The maximum absolute atomic E-state index is 6.03. The Kier molecular flexibility index (Phi) is 3.66. The molecule has 1 aromatic carbocycles. The average molecular weight is 224 g/mol. The lowest BCUT2D eigenvalue weighted by molar-refractivity contribution is 0.474. The zero-order valence-electron chi connectivity index (χ0n) is 9.17. The zero-order chi connectivity index (χ0) is 10.7. The quantitative estimate of drug-likeness (QED) is 0.828. The molecule has 2 heteroatoms. The highest BCUT2D eigenvalue weighted by atomic mass is 35.5. The molecule has 1 heterocycles. The second-order valence-electron chi connectivity index (χ2n) is 4.37. The fraction of sp³-hybridized carbons (Fsp3) is 0.538. The molecule has 82 valence electrons. The van der Waals surface area contributed by atoms with Gasteiger partial charge in [-0.1, -0.05) is 37.1 Å². The molecule has 1 fully saturated rings. The Labute approximate surface area is 96.8 Å². The molecule has 0 aromatic heterocycles. The number of nitrogens with one attached hydrogen (secondary N) is 1. The number of hydrogen-bond donors (Lipinski definition) is 1. The minimum absolute atomic E-state index is 0.656. The molecule has 15 heavy (non-hydrogen) atoms. The molecule has 0 aliphatic carbocycles. The first kappa shape index (κ1) is 11.0. The van der Waals surface area contributed by atoms with Gasteiger partial charge < -0.3 is 5.32 Å². The third kappa shape index (κ3) is 2.53. The standard InChI is InChI=1S/C13H18ClN/c1-2-4-11-8-15-9-13(11)10-5-3-6-12(14)7-10/h3,5-7,11,13,15H,2,4,8-9H2,1H3/t11-,13+/m1/s1. The van der Waals surface area contributed by atoms with Crippen molar-refractivity contribution in [1.82, 2.24) is 5.32 Å². The van der Waals surface area contributed by atoms with E-state index in [0.717, 1.165) is 24.0 Å². The van der Waals surface area contributed by atoms with Crippen LogP contribution in [0.15, 0.2) is 24.3 Å². The van der Waals surface area contributed by atoms with Crippen LogP contribution in [0.2, 0.25) is 5.02 Å². The fourth-order valence-electron chi connectivity index (χ4n) is 2.53. The molecule has 0 amide bonds. The molecule has 0 radical (unpaired) electrons. The Morgan fingerprint density at radius 3 is 3.00 bits per heavy atom. The van der Waals surface area contributed by atoms with Crippen LogP contribution in [0.3, 0.4) is 0 Å². The van der Waals surface area contributed by atoms with Gasteiger partial charge in [-0.05, 0) is 36.6 Å². The Bertz CT molecular complexity index is 324. The molecular formula is C13H18ClN. The monoisotopic (exact) mass is 223 g/mol. The van der Waals surface area contributed by atoms with Crippen molar-refractivity contribution in [2.24, 2.45) is 5.92 Å². The van der Waals surface area contributed by atoms with Gasteiger partial charge in [0.15, 0.2) is 0 Å². The van der Waals surface area contributed by atoms with Gasteiger partial charge in [0.25, 0.3) is 0 Å². The van der Waals surface area contributed by atoms with Crippen molar-refractivity contribution in [2.75, 3.05) is 13.1 Å². The van der Waals surface area contributed by atoms with Crippen LogP contribution in [0.5, 0.6) is 0 Å². The van der Waals surface area contributed by atoms with Gasteiger partial charge in [0, 0.05) is 17.5 Å². The van der Waals surface area contributed by atoms with Crippen LogP contribution in [0, 0.1) is 5.92 Å². The van der Waals surface area contributed by atoms with Crippen LogP contribution in [0.4, 0.5) is 0 Å². The topological polar surface area (TPSA) is 12.0 Å². The van der Waals surface area contributed by atoms with Crippen molar-refractivity contribution in [3.63, 3.8) is 0 Å². The minimum Gasteiger partial charge on any atom is -0.316 e. The van der Waals surface area contributed by atoms with Gasteiger partial charge in [0.1, 0.15) is 0 Å². The Morgan fingerprint density at radius 2 is 2.27 bits per heavy atom. The highest BCUT2D eigenvalue weighted by Gasteiger charge is 2.27. The lowest BCUT2D eigenvalue weighted by Gasteiger charge is -2.18. The first-order valence-corrected chi connectivity index (χ1v) is 6.15. The van der Waals surface area contributed by atoms with Gasteiger partial charge in [-0.2, -0.15) is 0 Å². The maximum Gasteiger partial charge on any atom is 0.0408 e. The molecule has 0 bridgehead atoms. The third-order valence-electron chi connectivity index (χ3n) is 3.28. The van der Waals surface area contributed by atoms with Crippen molar-refractivity contribution in [3.05, 3.63) is 34.9 Å².